The third-order valence-corrected chi connectivity index (χ3v) is 4.53. The number of thiazole rings is 1. The van der Waals surface area contributed by atoms with Crippen molar-refractivity contribution in [2.24, 2.45) is 0 Å². The third-order valence-electron chi connectivity index (χ3n) is 3.73. The van der Waals surface area contributed by atoms with Crippen molar-refractivity contribution >= 4 is 28.7 Å². The predicted molar refractivity (Wildman–Crippen MR) is 93.6 cm³/mol. The molecule has 0 N–H and O–H groups in total. The quantitative estimate of drug-likeness (QED) is 0.529. The maximum atomic E-state index is 10.5. The van der Waals surface area contributed by atoms with Crippen LogP contribution in [0.2, 0.25) is 0 Å². The van der Waals surface area contributed by atoms with E-state index in [0.29, 0.717) is 11.6 Å². The van der Waals surface area contributed by atoms with Crippen LogP contribution >= 0.6 is 11.3 Å². The number of fused-ring (bicyclic) bond motifs is 1. The second-order valence-electron chi connectivity index (χ2n) is 5.33. The van der Waals surface area contributed by atoms with Crippen LogP contribution in [0.1, 0.15) is 5.56 Å². The van der Waals surface area contributed by atoms with Gasteiger partial charge in [-0.15, -0.1) is 0 Å². The zero-order valence-electron chi connectivity index (χ0n) is 12.8. The number of benzene rings is 2. The monoisotopic (exact) mass is 335 g/mol. The van der Waals surface area contributed by atoms with Crippen LogP contribution in [0.25, 0.3) is 27.3 Å². The molecule has 0 aliphatic carbocycles. The number of ether oxygens (including phenoxy) is 1. The molecule has 0 amide bonds. The summed E-state index contributed by atoms with van der Waals surface area (Å²) < 4.78 is 6.59. The summed E-state index contributed by atoms with van der Waals surface area (Å²) in [6, 6.07) is 16.3. The molecule has 0 fully saturated rings. The van der Waals surface area contributed by atoms with Gasteiger partial charge in [-0.05, 0) is 13.0 Å². The number of rotatable bonds is 4. The lowest BCUT2D eigenvalue weighted by Crippen LogP contribution is -1.96. The molecule has 0 saturated heterocycles. The van der Waals surface area contributed by atoms with Gasteiger partial charge in [0.1, 0.15) is 5.69 Å². The smallest absolute Gasteiger partial charge is 0.299 e. The van der Waals surface area contributed by atoms with Gasteiger partial charge in [0, 0.05) is 10.9 Å². The second kappa shape index (κ2) is 5.90. The van der Waals surface area contributed by atoms with Crippen molar-refractivity contribution in [2.45, 2.75) is 6.92 Å². The molecular weight excluding hydrogens is 322 g/mol. The van der Waals surface area contributed by atoms with Gasteiger partial charge in [-0.25, -0.2) is 4.68 Å². The average molecular weight is 335 g/mol. The first kappa shape index (κ1) is 14.6. The minimum atomic E-state index is 0.279. The first-order valence-electron chi connectivity index (χ1n) is 7.37. The maximum absolute atomic E-state index is 10.5. The minimum absolute atomic E-state index is 0.279. The van der Waals surface area contributed by atoms with Crippen LogP contribution in [-0.4, -0.2) is 21.2 Å². The van der Waals surface area contributed by atoms with Gasteiger partial charge >= 0.3 is 0 Å². The predicted octanol–water partition coefficient (Wildman–Crippen LogP) is 3.99. The molecule has 0 bridgehead atoms. The van der Waals surface area contributed by atoms with Gasteiger partial charge in [0.05, 0.1) is 10.9 Å². The van der Waals surface area contributed by atoms with Crippen molar-refractivity contribution in [2.75, 3.05) is 0 Å². The van der Waals surface area contributed by atoms with E-state index in [1.54, 1.807) is 10.1 Å². The van der Waals surface area contributed by atoms with Crippen molar-refractivity contribution in [3.8, 4) is 22.3 Å². The summed E-state index contributed by atoms with van der Waals surface area (Å²) in [5.74, 6) is 0.279. The lowest BCUT2D eigenvalue weighted by atomic mass is 10.1. The van der Waals surface area contributed by atoms with Gasteiger partial charge in [0.25, 0.3) is 6.47 Å². The Kier molecular flexibility index (Phi) is 3.59. The number of carbonyl (C=O) groups is 1. The van der Waals surface area contributed by atoms with E-state index >= 15 is 0 Å². The molecule has 0 unspecified atom stereocenters. The number of aromatic nitrogens is 3. The van der Waals surface area contributed by atoms with Crippen LogP contribution in [0.15, 0.2) is 53.9 Å². The summed E-state index contributed by atoms with van der Waals surface area (Å²) in [6.45, 7) is 2.43. The van der Waals surface area contributed by atoms with E-state index in [-0.39, 0.29) is 5.88 Å². The molecule has 0 aliphatic rings. The van der Waals surface area contributed by atoms with E-state index in [2.05, 4.69) is 36.2 Å². The van der Waals surface area contributed by atoms with E-state index in [9.17, 15) is 4.79 Å². The summed E-state index contributed by atoms with van der Waals surface area (Å²) in [5, 5.41) is 8.14. The number of hydrogen-bond acceptors (Lipinski definition) is 5. The summed E-state index contributed by atoms with van der Waals surface area (Å²) in [7, 11) is 0. The molecule has 0 radical (unpaired) electrons. The van der Waals surface area contributed by atoms with Crippen molar-refractivity contribution in [1.82, 2.24) is 14.8 Å². The highest BCUT2D eigenvalue weighted by atomic mass is 32.1. The Morgan fingerprint density at radius 1 is 1.12 bits per heavy atom. The molecule has 5 nitrogen and oxygen atoms in total. The normalized spacial score (nSPS) is 10.9. The fraction of sp³-hybridized carbons (Fsp3) is 0.0556. The molecule has 118 valence electrons. The first-order valence-corrected chi connectivity index (χ1v) is 8.25. The zero-order valence-corrected chi connectivity index (χ0v) is 13.7. The molecule has 0 spiro atoms. The SMILES string of the molecule is Cc1ccc(-c2nn(-c3nc(OC=O)cs3)c3ccccc23)cc1. The van der Waals surface area contributed by atoms with Gasteiger partial charge in [-0.3, -0.25) is 4.79 Å². The van der Waals surface area contributed by atoms with Crippen molar-refractivity contribution < 1.29 is 9.53 Å². The van der Waals surface area contributed by atoms with E-state index < -0.39 is 0 Å². The molecule has 6 heteroatoms. The van der Waals surface area contributed by atoms with Crippen molar-refractivity contribution in [3.05, 3.63) is 59.5 Å². The lowest BCUT2D eigenvalue weighted by Gasteiger charge is -1.98. The standard InChI is InChI=1S/C18H13N3O2S/c1-12-6-8-13(9-7-12)17-14-4-2-3-5-15(14)21(20-17)18-19-16(10-24-18)23-11-22/h2-11H,1H3. The highest BCUT2D eigenvalue weighted by molar-refractivity contribution is 7.12. The Bertz CT molecular complexity index is 1020. The van der Waals surface area contributed by atoms with E-state index in [1.807, 2.05) is 24.3 Å². The number of nitrogens with zero attached hydrogens (tertiary/aromatic N) is 3. The summed E-state index contributed by atoms with van der Waals surface area (Å²) >= 11 is 1.37. The summed E-state index contributed by atoms with van der Waals surface area (Å²) in [5.41, 5.74) is 4.12. The van der Waals surface area contributed by atoms with Gasteiger partial charge in [-0.1, -0.05) is 59.4 Å². The van der Waals surface area contributed by atoms with Crippen LogP contribution in [0.5, 0.6) is 5.88 Å². The highest BCUT2D eigenvalue weighted by Gasteiger charge is 2.15. The summed E-state index contributed by atoms with van der Waals surface area (Å²) in [4.78, 5) is 14.8. The number of carbonyl (C=O) groups excluding carboxylic acids is 1. The Labute approximate surface area is 142 Å². The van der Waals surface area contributed by atoms with E-state index in [4.69, 9.17) is 9.84 Å². The third kappa shape index (κ3) is 2.47. The Morgan fingerprint density at radius 2 is 1.92 bits per heavy atom. The fourth-order valence-electron chi connectivity index (χ4n) is 2.59. The molecule has 0 atom stereocenters. The molecular formula is C18H13N3O2S. The average Bonchev–Trinajstić information content (AvgIpc) is 3.21. The molecule has 4 aromatic rings. The highest BCUT2D eigenvalue weighted by Crippen LogP contribution is 2.31. The minimum Gasteiger partial charge on any atom is -0.409 e. The molecule has 4 rings (SSSR count). The van der Waals surface area contributed by atoms with Gasteiger partial charge in [0.15, 0.2) is 0 Å². The Balaban J connectivity index is 1.90. The van der Waals surface area contributed by atoms with Gasteiger partial charge in [0.2, 0.25) is 11.0 Å². The molecule has 24 heavy (non-hydrogen) atoms. The molecule has 2 heterocycles. The van der Waals surface area contributed by atoms with Crippen LogP contribution < -0.4 is 4.74 Å². The molecule has 0 aliphatic heterocycles. The van der Waals surface area contributed by atoms with E-state index in [0.717, 1.165) is 22.2 Å². The van der Waals surface area contributed by atoms with Gasteiger partial charge < -0.3 is 4.74 Å². The second-order valence-corrected chi connectivity index (χ2v) is 6.16. The fourth-order valence-corrected chi connectivity index (χ4v) is 3.28. The molecule has 2 aromatic heterocycles. The van der Waals surface area contributed by atoms with Crippen LogP contribution in [-0.2, 0) is 4.79 Å². The largest absolute Gasteiger partial charge is 0.409 e. The molecule has 0 saturated carbocycles. The summed E-state index contributed by atoms with van der Waals surface area (Å²) in [6.07, 6.45) is 0. The van der Waals surface area contributed by atoms with E-state index in [1.165, 1.54) is 16.9 Å². The van der Waals surface area contributed by atoms with Crippen LogP contribution in [0, 0.1) is 6.92 Å². The molecule has 2 aromatic carbocycles. The maximum Gasteiger partial charge on any atom is 0.299 e. The van der Waals surface area contributed by atoms with Crippen LogP contribution in [0.3, 0.4) is 0 Å². The van der Waals surface area contributed by atoms with Crippen molar-refractivity contribution in [1.29, 1.82) is 0 Å². The Hall–Kier alpha value is -2.99. The number of para-hydroxylation sites is 1. The van der Waals surface area contributed by atoms with Crippen molar-refractivity contribution in [3.63, 3.8) is 0 Å². The lowest BCUT2D eigenvalue weighted by molar-refractivity contribution is -0.120. The van der Waals surface area contributed by atoms with Crippen LogP contribution in [0.4, 0.5) is 0 Å². The Morgan fingerprint density at radius 3 is 2.71 bits per heavy atom. The van der Waals surface area contributed by atoms with Gasteiger partial charge in [-0.2, -0.15) is 10.1 Å². The zero-order chi connectivity index (χ0) is 16.5. The number of hydrogen-bond donors (Lipinski definition) is 0. The topological polar surface area (TPSA) is 57.0 Å². The number of aryl methyl sites for hydroxylation is 1. The first-order chi connectivity index (χ1) is 11.8.